The van der Waals surface area contributed by atoms with Gasteiger partial charge in [0.2, 0.25) is 0 Å². The molecule has 1 atom stereocenters. The zero-order valence-corrected chi connectivity index (χ0v) is 20.6. The quantitative estimate of drug-likeness (QED) is 0.287. The summed E-state index contributed by atoms with van der Waals surface area (Å²) in [7, 11) is 0. The van der Waals surface area contributed by atoms with E-state index in [-0.39, 0.29) is 17.6 Å². The fraction of sp³-hybridized carbons (Fsp3) is 0.194. The van der Waals surface area contributed by atoms with Crippen LogP contribution in [0.15, 0.2) is 91.0 Å². The van der Waals surface area contributed by atoms with Crippen molar-refractivity contribution in [1.82, 2.24) is 19.4 Å². The van der Waals surface area contributed by atoms with E-state index in [4.69, 9.17) is 9.97 Å². The largest absolute Gasteiger partial charge is 0.338 e. The summed E-state index contributed by atoms with van der Waals surface area (Å²) in [4.78, 5) is 25.1. The Bertz CT molecular complexity index is 1580. The van der Waals surface area contributed by atoms with E-state index in [1.54, 1.807) is 12.1 Å². The summed E-state index contributed by atoms with van der Waals surface area (Å²) in [5.74, 6) is 0.798. The number of benzene rings is 3. The van der Waals surface area contributed by atoms with Gasteiger partial charge in [0.05, 0.1) is 16.7 Å². The molecule has 6 heteroatoms. The Hall–Kier alpha value is -4.32. The summed E-state index contributed by atoms with van der Waals surface area (Å²) in [5, 5.41) is 0. The highest BCUT2D eigenvalue weighted by Gasteiger charge is 2.27. The molecule has 1 fully saturated rings. The van der Waals surface area contributed by atoms with Gasteiger partial charge >= 0.3 is 0 Å². The minimum absolute atomic E-state index is 0.0215. The zero-order valence-electron chi connectivity index (χ0n) is 20.6. The van der Waals surface area contributed by atoms with E-state index in [1.807, 2.05) is 66.4 Å². The molecule has 2 aromatic heterocycles. The van der Waals surface area contributed by atoms with Crippen molar-refractivity contribution in [3.05, 3.63) is 114 Å². The summed E-state index contributed by atoms with van der Waals surface area (Å²) >= 11 is 0. The van der Waals surface area contributed by atoms with Gasteiger partial charge in [-0.05, 0) is 86.5 Å². The van der Waals surface area contributed by atoms with Crippen molar-refractivity contribution in [2.75, 3.05) is 13.1 Å². The molecule has 5 aromatic rings. The van der Waals surface area contributed by atoms with Gasteiger partial charge in [0.25, 0.3) is 5.91 Å². The van der Waals surface area contributed by atoms with Crippen LogP contribution in [0.5, 0.6) is 0 Å². The zero-order chi connectivity index (χ0) is 25.4. The molecule has 1 aliphatic rings. The first kappa shape index (κ1) is 23.1. The number of carbonyl (C=O) groups is 1. The van der Waals surface area contributed by atoms with Gasteiger partial charge in [-0.25, -0.2) is 9.37 Å². The number of carbonyl (C=O) groups excluding carboxylic acids is 1. The molecular formula is C31H27FN4O. The number of amides is 1. The maximum Gasteiger partial charge on any atom is 0.253 e. The second-order valence-corrected chi connectivity index (χ2v) is 9.58. The molecule has 6 rings (SSSR count). The first-order chi connectivity index (χ1) is 18.1. The Morgan fingerprint density at radius 2 is 1.73 bits per heavy atom. The lowest BCUT2D eigenvalue weighted by molar-refractivity contribution is 0.0706. The number of aromatic nitrogens is 3. The number of nitrogens with zero attached hydrogens (tertiary/aromatic N) is 4. The first-order valence-corrected chi connectivity index (χ1v) is 12.6. The van der Waals surface area contributed by atoms with Crippen molar-refractivity contribution in [1.29, 1.82) is 0 Å². The number of piperidine rings is 1. The van der Waals surface area contributed by atoms with Crippen LogP contribution in [0.3, 0.4) is 0 Å². The molecule has 37 heavy (non-hydrogen) atoms. The Labute approximate surface area is 215 Å². The Morgan fingerprint density at radius 1 is 0.919 bits per heavy atom. The number of fused-ring (bicyclic) bond motifs is 1. The fourth-order valence-corrected chi connectivity index (χ4v) is 5.28. The summed E-state index contributed by atoms with van der Waals surface area (Å²) in [6, 6.07) is 28.3. The standard InChI is InChI=1S/C31H27FN4O/c1-21-33-29-19-23(14-17-30(29)36(21)26-8-3-2-4-9-26)31(37)35-18-6-7-24(20-35)28-11-5-10-27(34-28)22-12-15-25(32)16-13-22/h2-5,8-17,19,24H,6-7,18,20H2,1H3. The molecule has 3 heterocycles. The van der Waals surface area contributed by atoms with Crippen molar-refractivity contribution in [3.8, 4) is 16.9 Å². The van der Waals surface area contributed by atoms with Gasteiger partial charge in [0.15, 0.2) is 0 Å². The summed E-state index contributed by atoms with van der Waals surface area (Å²) in [6.07, 6.45) is 1.90. The molecule has 1 amide bonds. The van der Waals surface area contributed by atoms with Crippen LogP contribution in [0.25, 0.3) is 28.0 Å². The molecule has 0 N–H and O–H groups in total. The van der Waals surface area contributed by atoms with Gasteiger partial charge in [-0.3, -0.25) is 14.3 Å². The monoisotopic (exact) mass is 490 g/mol. The van der Waals surface area contributed by atoms with Crippen LogP contribution < -0.4 is 0 Å². The molecule has 0 aliphatic carbocycles. The van der Waals surface area contributed by atoms with Gasteiger partial charge in [-0.2, -0.15) is 0 Å². The third-order valence-electron chi connectivity index (χ3n) is 7.12. The Morgan fingerprint density at radius 3 is 2.54 bits per heavy atom. The predicted molar refractivity (Wildman–Crippen MR) is 143 cm³/mol. The van der Waals surface area contributed by atoms with Crippen molar-refractivity contribution >= 4 is 16.9 Å². The maximum atomic E-state index is 13.5. The molecule has 1 unspecified atom stereocenters. The van der Waals surface area contributed by atoms with Gasteiger partial charge in [-0.15, -0.1) is 0 Å². The van der Waals surface area contributed by atoms with Gasteiger partial charge < -0.3 is 4.90 Å². The normalized spacial score (nSPS) is 15.7. The van der Waals surface area contributed by atoms with Crippen molar-refractivity contribution in [2.24, 2.45) is 0 Å². The van der Waals surface area contributed by atoms with Crippen LogP contribution in [0.2, 0.25) is 0 Å². The van der Waals surface area contributed by atoms with Crippen LogP contribution in [-0.4, -0.2) is 38.4 Å². The van der Waals surface area contributed by atoms with Crippen LogP contribution in [0.1, 0.15) is 40.6 Å². The maximum absolute atomic E-state index is 13.5. The topological polar surface area (TPSA) is 51.0 Å². The average molecular weight is 491 g/mol. The van der Waals surface area contributed by atoms with E-state index in [0.717, 1.165) is 58.9 Å². The lowest BCUT2D eigenvalue weighted by Gasteiger charge is -2.32. The highest BCUT2D eigenvalue weighted by Crippen LogP contribution is 2.29. The molecule has 1 aliphatic heterocycles. The minimum atomic E-state index is -0.262. The molecular weight excluding hydrogens is 463 g/mol. The van der Waals surface area contributed by atoms with E-state index in [0.29, 0.717) is 12.1 Å². The molecule has 1 saturated heterocycles. The molecule has 0 spiro atoms. The lowest BCUT2D eigenvalue weighted by atomic mass is 9.93. The predicted octanol–water partition coefficient (Wildman–Crippen LogP) is 6.55. The third-order valence-corrected chi connectivity index (χ3v) is 7.12. The first-order valence-electron chi connectivity index (χ1n) is 12.6. The Balaban J connectivity index is 1.24. The molecule has 0 saturated carbocycles. The number of pyridine rings is 1. The number of hydrogen-bond acceptors (Lipinski definition) is 3. The number of hydrogen-bond donors (Lipinski definition) is 0. The van der Waals surface area contributed by atoms with Crippen molar-refractivity contribution in [3.63, 3.8) is 0 Å². The smallest absolute Gasteiger partial charge is 0.253 e. The average Bonchev–Trinajstić information content (AvgIpc) is 3.28. The van der Waals surface area contributed by atoms with Crippen LogP contribution in [-0.2, 0) is 0 Å². The highest BCUT2D eigenvalue weighted by molar-refractivity contribution is 5.97. The number of halogens is 1. The second-order valence-electron chi connectivity index (χ2n) is 9.58. The van der Waals surface area contributed by atoms with Gasteiger partial charge in [0, 0.05) is 41.5 Å². The van der Waals surface area contributed by atoms with Gasteiger partial charge in [0.1, 0.15) is 11.6 Å². The number of rotatable bonds is 4. The van der Waals surface area contributed by atoms with Crippen LogP contribution >= 0.6 is 0 Å². The van der Waals surface area contributed by atoms with E-state index < -0.39 is 0 Å². The molecule has 0 radical (unpaired) electrons. The van der Waals surface area contributed by atoms with Crippen molar-refractivity contribution < 1.29 is 9.18 Å². The van der Waals surface area contributed by atoms with E-state index in [2.05, 4.69) is 16.7 Å². The summed E-state index contributed by atoms with van der Waals surface area (Å²) < 4.78 is 15.5. The van der Waals surface area contributed by atoms with Gasteiger partial charge in [-0.1, -0.05) is 24.3 Å². The highest BCUT2D eigenvalue weighted by atomic mass is 19.1. The summed E-state index contributed by atoms with van der Waals surface area (Å²) in [5.41, 5.74) is 6.16. The SMILES string of the molecule is Cc1nc2cc(C(=O)N3CCCC(c4cccc(-c5ccc(F)cc5)n4)C3)ccc2n1-c1ccccc1. The molecule has 5 nitrogen and oxygen atoms in total. The van der Waals surface area contributed by atoms with Crippen LogP contribution in [0.4, 0.5) is 4.39 Å². The second kappa shape index (κ2) is 9.62. The molecule has 0 bridgehead atoms. The fourth-order valence-electron chi connectivity index (χ4n) is 5.28. The number of likely N-dealkylation sites (tertiary alicyclic amines) is 1. The Kier molecular flexibility index (Phi) is 6.01. The lowest BCUT2D eigenvalue weighted by Crippen LogP contribution is -2.39. The molecule has 184 valence electrons. The van der Waals surface area contributed by atoms with Crippen LogP contribution in [0, 0.1) is 12.7 Å². The summed E-state index contributed by atoms with van der Waals surface area (Å²) in [6.45, 7) is 3.33. The number of imidazole rings is 1. The third kappa shape index (κ3) is 4.51. The number of para-hydroxylation sites is 1. The van der Waals surface area contributed by atoms with E-state index in [1.165, 1.54) is 12.1 Å². The van der Waals surface area contributed by atoms with Crippen molar-refractivity contribution in [2.45, 2.75) is 25.7 Å². The minimum Gasteiger partial charge on any atom is -0.338 e. The van der Waals surface area contributed by atoms with E-state index >= 15 is 0 Å². The number of aryl methyl sites for hydroxylation is 1. The van der Waals surface area contributed by atoms with E-state index in [9.17, 15) is 9.18 Å². The molecule has 3 aromatic carbocycles.